The Labute approximate surface area is 94.2 Å². The van der Waals surface area contributed by atoms with Crippen molar-refractivity contribution in [2.75, 3.05) is 0 Å². The number of hydrogen-bond acceptors (Lipinski definition) is 0. The second-order valence-corrected chi connectivity index (χ2v) is 3.15. The predicted molar refractivity (Wildman–Crippen MR) is 62.7 cm³/mol. The van der Waals surface area contributed by atoms with Crippen LogP contribution < -0.4 is 0 Å². The fourth-order valence-electron chi connectivity index (χ4n) is 1.33. The Morgan fingerprint density at radius 1 is 0.929 bits per heavy atom. The van der Waals surface area contributed by atoms with Crippen LogP contribution in [0.2, 0.25) is 0 Å². The molecule has 0 aliphatic rings. The summed E-state index contributed by atoms with van der Waals surface area (Å²) in [6.45, 7) is -2.49. The van der Waals surface area contributed by atoms with Gasteiger partial charge in [-0.1, -0.05) is 0 Å². The first-order valence-electron chi connectivity index (χ1n) is 7.39. The van der Waals surface area contributed by atoms with Gasteiger partial charge in [0.25, 0.3) is 0 Å². The van der Waals surface area contributed by atoms with Crippen LogP contribution in [0, 0.1) is 13.7 Å². The van der Waals surface area contributed by atoms with Crippen molar-refractivity contribution in [2.45, 2.75) is 13.7 Å². The first kappa shape index (κ1) is 4.44. The molecule has 1 heteroatoms. The van der Waals surface area contributed by atoms with Crippen molar-refractivity contribution in [1.82, 2.24) is 0 Å². The van der Waals surface area contributed by atoms with Crippen LogP contribution in [0.25, 0.3) is 11.0 Å². The second-order valence-electron chi connectivity index (χ2n) is 3.15. The number of aryl methyl sites for hydroxylation is 2. The van der Waals surface area contributed by atoms with Gasteiger partial charge in [0, 0.05) is 0 Å². The van der Waals surface area contributed by atoms with E-state index in [1.165, 1.54) is 0 Å². The Morgan fingerprint density at radius 2 is 1.64 bits per heavy atom. The molecule has 1 aromatic heterocycles. The normalized spacial score (nSPS) is 18.0. The van der Waals surface area contributed by atoms with Gasteiger partial charge in [0.2, 0.25) is 0 Å². The minimum absolute atomic E-state index is 0.292. The van der Waals surface area contributed by atoms with E-state index in [0.717, 1.165) is 11.0 Å². The van der Waals surface area contributed by atoms with Gasteiger partial charge in [0.05, 0.1) is 0 Å². The Balaban J connectivity index is 2.29. The van der Waals surface area contributed by atoms with Gasteiger partial charge in [0.1, 0.15) is 0 Å². The van der Waals surface area contributed by atoms with Crippen LogP contribution in [-0.2, 0) is 0 Å². The van der Waals surface area contributed by atoms with Crippen LogP contribution >= 0.6 is 0 Å². The zero-order chi connectivity index (χ0) is 15.0. The summed E-state index contributed by atoms with van der Waals surface area (Å²) in [4.78, 5) is 0. The summed E-state index contributed by atoms with van der Waals surface area (Å²) < 4.78 is 43.9. The number of rotatable bonds is 1. The van der Waals surface area contributed by atoms with E-state index < -0.39 is 13.7 Å². The van der Waals surface area contributed by atoms with Crippen LogP contribution in [-0.4, -0.2) is 6.91 Å². The van der Waals surface area contributed by atoms with E-state index in [2.05, 4.69) is 0 Å². The molecular formula is C13H13B. The first-order valence-corrected chi connectivity index (χ1v) is 4.39. The van der Waals surface area contributed by atoms with Crippen molar-refractivity contribution in [2.24, 2.45) is 0 Å². The fourth-order valence-corrected chi connectivity index (χ4v) is 1.33. The molecule has 2 aromatic rings. The third-order valence-electron chi connectivity index (χ3n) is 2.10. The molecule has 1 heterocycles. The molecule has 68 valence electrons. The van der Waals surface area contributed by atoms with Gasteiger partial charge >= 0.3 is 93.3 Å². The molecule has 0 atom stereocenters. The quantitative estimate of drug-likeness (QED) is 0.640. The van der Waals surface area contributed by atoms with Gasteiger partial charge in [-0.05, 0) is 0 Å². The number of hydrogen-bond donors (Lipinski definition) is 0. The Kier molecular flexibility index (Phi) is 1.20. The van der Waals surface area contributed by atoms with Crippen molar-refractivity contribution in [1.29, 1.82) is 0 Å². The molecule has 0 saturated carbocycles. The third kappa shape index (κ3) is 1.93. The van der Waals surface area contributed by atoms with Gasteiger partial charge < -0.3 is 0 Å². The van der Waals surface area contributed by atoms with Crippen LogP contribution in [0.15, 0.2) is 42.4 Å². The van der Waals surface area contributed by atoms with Crippen LogP contribution in [0.5, 0.6) is 0 Å². The average Bonchev–Trinajstić information content (AvgIpc) is 2.37. The topological polar surface area (TPSA) is 0 Å². The summed E-state index contributed by atoms with van der Waals surface area (Å²) >= 11 is 0. The molecule has 0 amide bonds. The summed E-state index contributed by atoms with van der Waals surface area (Å²) in [7, 11) is 0. The van der Waals surface area contributed by atoms with Crippen molar-refractivity contribution in [3.05, 3.63) is 53.5 Å². The zero-order valence-corrected chi connectivity index (χ0v) is 7.62. The summed E-state index contributed by atoms with van der Waals surface area (Å²) in [6.07, 6.45) is 0. The third-order valence-corrected chi connectivity index (χ3v) is 2.10. The maximum absolute atomic E-state index is 7.32. The van der Waals surface area contributed by atoms with Crippen LogP contribution in [0.1, 0.15) is 19.4 Å². The monoisotopic (exact) mass is 186 g/mol. The van der Waals surface area contributed by atoms with E-state index in [1.807, 2.05) is 0 Å². The van der Waals surface area contributed by atoms with E-state index in [1.54, 1.807) is 49.3 Å². The molecule has 0 spiro atoms. The maximum atomic E-state index is 7.32. The Bertz CT molecular complexity index is 525. The molecule has 0 bridgehead atoms. The van der Waals surface area contributed by atoms with E-state index in [4.69, 9.17) is 8.22 Å². The molecule has 0 fully saturated rings. The van der Waals surface area contributed by atoms with Crippen molar-refractivity contribution >= 4 is 6.91 Å². The first-order chi connectivity index (χ1) is 9.18. The summed E-state index contributed by atoms with van der Waals surface area (Å²) in [6, 6.07) is 9.89. The van der Waals surface area contributed by atoms with Gasteiger partial charge in [-0.3, -0.25) is 0 Å². The van der Waals surface area contributed by atoms with E-state index in [-0.39, 0.29) is 0 Å². The van der Waals surface area contributed by atoms with Gasteiger partial charge in [0.15, 0.2) is 0 Å². The van der Waals surface area contributed by atoms with Gasteiger partial charge in [-0.2, -0.15) is 0 Å². The molecule has 0 N–H and O–H groups in total. The van der Waals surface area contributed by atoms with Crippen LogP contribution in [0.3, 0.4) is 0 Å². The minimum atomic E-state index is -2.11. The Hall–Kier alpha value is -1.37. The SMILES string of the molecule is [2H]C([2H])([2H])c1cbc(-c2ccc(C([2H])([2H])[2H])cc2)cc1. The summed E-state index contributed by atoms with van der Waals surface area (Å²) in [5, 5.41) is 0. The van der Waals surface area contributed by atoms with E-state index in [9.17, 15) is 0 Å². The molecule has 2 rings (SSSR count). The molecule has 0 saturated heterocycles. The standard InChI is InChI=1S/C13H13B/c1-10-3-6-12(7-4-10)13-8-5-11(2)9-14-13/h3-9H,1-2H3/i1D3,2D3. The van der Waals surface area contributed by atoms with Gasteiger partial charge in [-0.15, -0.1) is 0 Å². The molecule has 0 radical (unpaired) electrons. The van der Waals surface area contributed by atoms with Crippen LogP contribution in [0.4, 0.5) is 0 Å². The van der Waals surface area contributed by atoms with Gasteiger partial charge in [-0.25, -0.2) is 0 Å². The second kappa shape index (κ2) is 3.79. The molecule has 0 aliphatic carbocycles. The van der Waals surface area contributed by atoms with Crippen molar-refractivity contribution in [3.8, 4) is 11.0 Å². The molecular weight excluding hydrogens is 167 g/mol. The van der Waals surface area contributed by atoms with E-state index in [0.29, 0.717) is 11.1 Å². The summed E-state index contributed by atoms with van der Waals surface area (Å²) in [5.41, 5.74) is 2.30. The molecule has 0 nitrogen and oxygen atoms in total. The van der Waals surface area contributed by atoms with E-state index >= 15 is 0 Å². The molecule has 0 unspecified atom stereocenters. The number of benzene rings is 1. The molecule has 1 aromatic carbocycles. The molecule has 14 heavy (non-hydrogen) atoms. The molecule has 0 aliphatic heterocycles. The zero-order valence-electron chi connectivity index (χ0n) is 13.6. The fraction of sp³-hybridized carbons (Fsp3) is 0.154. The summed E-state index contributed by atoms with van der Waals surface area (Å²) in [5.74, 6) is 1.57. The Morgan fingerprint density at radius 3 is 2.21 bits per heavy atom. The van der Waals surface area contributed by atoms with Crippen molar-refractivity contribution < 1.29 is 8.22 Å². The predicted octanol–water partition coefficient (Wildman–Crippen LogP) is 3.31. The van der Waals surface area contributed by atoms with Crippen molar-refractivity contribution in [3.63, 3.8) is 0 Å². The average molecular weight is 186 g/mol.